The number of hydrogen-bond donors (Lipinski definition) is 1. The Morgan fingerprint density at radius 1 is 0.906 bits per heavy atom. The second-order valence-corrected chi connectivity index (χ2v) is 7.41. The Hall–Kier alpha value is -4.45. The molecule has 6 nitrogen and oxygen atoms in total. The Morgan fingerprint density at radius 3 is 2.62 bits per heavy atom. The van der Waals surface area contributed by atoms with Crippen molar-refractivity contribution in [2.75, 3.05) is 0 Å². The van der Waals surface area contributed by atoms with Crippen LogP contribution in [0.1, 0.15) is 21.7 Å². The Bertz CT molecular complexity index is 1480. The molecule has 5 rings (SSSR count). The SMILES string of the molecule is [CH2+]c1ccc2cc(-c3cc(OCc4ncccc4C(N)=O)c4cccnc4c3)ccc2n1. The van der Waals surface area contributed by atoms with Crippen molar-refractivity contribution in [2.24, 2.45) is 5.73 Å². The van der Waals surface area contributed by atoms with E-state index in [0.717, 1.165) is 38.6 Å². The smallest absolute Gasteiger partial charge is 0.250 e. The number of hydrogen-bond acceptors (Lipinski definition) is 5. The van der Waals surface area contributed by atoms with Crippen molar-refractivity contribution in [3.8, 4) is 16.9 Å². The van der Waals surface area contributed by atoms with Crippen LogP contribution in [-0.4, -0.2) is 20.9 Å². The van der Waals surface area contributed by atoms with E-state index in [1.165, 1.54) is 0 Å². The van der Waals surface area contributed by atoms with Crippen molar-refractivity contribution >= 4 is 27.7 Å². The van der Waals surface area contributed by atoms with Crippen LogP contribution in [0.5, 0.6) is 5.75 Å². The summed E-state index contributed by atoms with van der Waals surface area (Å²) in [6.45, 7) is 4.00. The van der Waals surface area contributed by atoms with E-state index in [-0.39, 0.29) is 6.61 Å². The number of carbonyl (C=O) groups excluding carboxylic acids is 1. The minimum absolute atomic E-state index is 0.112. The van der Waals surface area contributed by atoms with Crippen LogP contribution in [0.3, 0.4) is 0 Å². The molecule has 0 atom stereocenters. The number of nitrogens with zero attached hydrogens (tertiary/aromatic N) is 3. The van der Waals surface area contributed by atoms with E-state index in [1.54, 1.807) is 24.5 Å². The molecule has 154 valence electrons. The summed E-state index contributed by atoms with van der Waals surface area (Å²) in [5, 5.41) is 1.90. The third-order valence-corrected chi connectivity index (χ3v) is 5.28. The molecule has 0 saturated carbocycles. The predicted molar refractivity (Wildman–Crippen MR) is 124 cm³/mol. The van der Waals surface area contributed by atoms with Crippen molar-refractivity contribution in [3.63, 3.8) is 0 Å². The maximum Gasteiger partial charge on any atom is 0.250 e. The first-order valence-electron chi connectivity index (χ1n) is 10.1. The summed E-state index contributed by atoms with van der Waals surface area (Å²) in [6, 6.07) is 21.1. The van der Waals surface area contributed by atoms with E-state index < -0.39 is 5.91 Å². The lowest BCUT2D eigenvalue weighted by molar-refractivity contribution is 0.0997. The van der Waals surface area contributed by atoms with Gasteiger partial charge in [-0.2, -0.15) is 0 Å². The normalized spacial score (nSPS) is 11.0. The first-order chi connectivity index (χ1) is 15.6. The van der Waals surface area contributed by atoms with Gasteiger partial charge in [0.15, 0.2) is 0 Å². The summed E-state index contributed by atoms with van der Waals surface area (Å²) < 4.78 is 6.13. The molecule has 0 aliphatic carbocycles. The van der Waals surface area contributed by atoms with Gasteiger partial charge in [0.25, 0.3) is 5.91 Å². The van der Waals surface area contributed by atoms with Crippen molar-refractivity contribution in [3.05, 3.63) is 103 Å². The van der Waals surface area contributed by atoms with E-state index in [4.69, 9.17) is 10.5 Å². The van der Waals surface area contributed by atoms with Crippen LogP contribution in [-0.2, 0) is 6.61 Å². The number of amides is 1. The Kier molecular flexibility index (Phi) is 4.88. The van der Waals surface area contributed by atoms with E-state index in [1.807, 2.05) is 48.5 Å². The molecule has 2 aromatic carbocycles. The Labute approximate surface area is 184 Å². The number of benzene rings is 2. The Balaban J connectivity index is 1.56. The standard InChI is InChI=1S/C26H18N4O2/c1-16-6-7-18-12-17(8-9-22(18)30-16)19-13-23-20(4-2-10-28-23)25(14-19)32-15-24-21(26(27)31)5-3-11-29-24/h2-14H,1,15H2,(H-,27,31)/p+1. The molecule has 3 heterocycles. The van der Waals surface area contributed by atoms with Gasteiger partial charge < -0.3 is 10.5 Å². The average Bonchev–Trinajstić information content (AvgIpc) is 2.82. The molecule has 0 aliphatic heterocycles. The first-order valence-corrected chi connectivity index (χ1v) is 10.1. The predicted octanol–water partition coefficient (Wildman–Crippen LogP) is 4.71. The van der Waals surface area contributed by atoms with Gasteiger partial charge in [0.1, 0.15) is 12.4 Å². The third-order valence-electron chi connectivity index (χ3n) is 5.28. The van der Waals surface area contributed by atoms with Gasteiger partial charge in [0.2, 0.25) is 5.69 Å². The van der Waals surface area contributed by atoms with Crippen LogP contribution in [0.4, 0.5) is 0 Å². The monoisotopic (exact) mass is 419 g/mol. The molecule has 5 aromatic rings. The first kappa shape index (κ1) is 19.5. The number of ether oxygens (including phenoxy) is 1. The summed E-state index contributed by atoms with van der Waals surface area (Å²) in [5.41, 5.74) is 10.7. The summed E-state index contributed by atoms with van der Waals surface area (Å²) in [4.78, 5) is 25.0. The summed E-state index contributed by atoms with van der Waals surface area (Å²) in [6.07, 6.45) is 3.36. The molecule has 0 saturated heterocycles. The molecule has 0 fully saturated rings. The van der Waals surface area contributed by atoms with Crippen molar-refractivity contribution in [2.45, 2.75) is 6.61 Å². The fourth-order valence-electron chi connectivity index (χ4n) is 3.71. The molecule has 3 aromatic heterocycles. The lowest BCUT2D eigenvalue weighted by Gasteiger charge is -2.13. The quantitative estimate of drug-likeness (QED) is 0.417. The molecule has 0 aliphatic rings. The number of primary amides is 1. The van der Waals surface area contributed by atoms with Crippen LogP contribution < -0.4 is 10.5 Å². The largest absolute Gasteiger partial charge is 0.487 e. The molecule has 0 spiro atoms. The topological polar surface area (TPSA) is 91.0 Å². The maximum atomic E-state index is 11.7. The van der Waals surface area contributed by atoms with Gasteiger partial charge >= 0.3 is 0 Å². The summed E-state index contributed by atoms with van der Waals surface area (Å²) in [5.74, 6) is 0.116. The van der Waals surface area contributed by atoms with Crippen LogP contribution in [0.15, 0.2) is 79.1 Å². The van der Waals surface area contributed by atoms with E-state index in [2.05, 4.69) is 27.9 Å². The lowest BCUT2D eigenvalue weighted by atomic mass is 10.0. The highest BCUT2D eigenvalue weighted by molar-refractivity contribution is 5.94. The molecular formula is C26H19N4O2+. The van der Waals surface area contributed by atoms with Gasteiger partial charge in [-0.05, 0) is 59.7 Å². The second-order valence-electron chi connectivity index (χ2n) is 7.41. The summed E-state index contributed by atoms with van der Waals surface area (Å²) >= 11 is 0. The van der Waals surface area contributed by atoms with Crippen molar-refractivity contribution in [1.82, 2.24) is 15.0 Å². The molecule has 0 bridgehead atoms. The van der Waals surface area contributed by atoms with Gasteiger partial charge in [-0.25, -0.2) is 4.98 Å². The van der Waals surface area contributed by atoms with Gasteiger partial charge in [-0.15, -0.1) is 0 Å². The minimum atomic E-state index is -0.535. The molecule has 0 unspecified atom stereocenters. The lowest BCUT2D eigenvalue weighted by Crippen LogP contribution is -2.15. The van der Waals surface area contributed by atoms with E-state index in [9.17, 15) is 4.79 Å². The number of carbonyl (C=O) groups is 1. The number of aromatic nitrogens is 3. The van der Waals surface area contributed by atoms with Gasteiger partial charge in [-0.1, -0.05) is 6.07 Å². The average molecular weight is 419 g/mol. The van der Waals surface area contributed by atoms with Crippen LogP contribution in [0, 0.1) is 6.92 Å². The van der Waals surface area contributed by atoms with Crippen LogP contribution >= 0.6 is 0 Å². The highest BCUT2D eigenvalue weighted by Gasteiger charge is 2.13. The zero-order valence-electron chi connectivity index (χ0n) is 17.2. The molecule has 2 N–H and O–H groups in total. The molecule has 32 heavy (non-hydrogen) atoms. The molecular weight excluding hydrogens is 400 g/mol. The summed E-state index contributed by atoms with van der Waals surface area (Å²) in [7, 11) is 0. The van der Waals surface area contributed by atoms with Gasteiger partial charge in [0, 0.05) is 29.2 Å². The minimum Gasteiger partial charge on any atom is -0.487 e. The van der Waals surface area contributed by atoms with Crippen LogP contribution in [0.25, 0.3) is 32.9 Å². The fourth-order valence-corrected chi connectivity index (χ4v) is 3.71. The van der Waals surface area contributed by atoms with E-state index in [0.29, 0.717) is 17.0 Å². The fraction of sp³-hybridized carbons (Fsp3) is 0.0385. The zero-order chi connectivity index (χ0) is 22.1. The van der Waals surface area contributed by atoms with Crippen molar-refractivity contribution < 1.29 is 9.53 Å². The number of pyridine rings is 3. The highest BCUT2D eigenvalue weighted by Crippen LogP contribution is 2.33. The number of nitrogens with two attached hydrogens (primary N) is 1. The number of fused-ring (bicyclic) bond motifs is 2. The number of rotatable bonds is 5. The van der Waals surface area contributed by atoms with Gasteiger partial charge in [0.05, 0.1) is 35.3 Å². The highest BCUT2D eigenvalue weighted by atomic mass is 16.5. The molecule has 0 radical (unpaired) electrons. The molecule has 6 heteroatoms. The third kappa shape index (κ3) is 3.70. The van der Waals surface area contributed by atoms with Crippen LogP contribution in [0.2, 0.25) is 0 Å². The second kappa shape index (κ2) is 8.00. The Morgan fingerprint density at radius 2 is 1.75 bits per heavy atom. The zero-order valence-corrected chi connectivity index (χ0v) is 17.2. The van der Waals surface area contributed by atoms with Gasteiger partial charge in [-0.3, -0.25) is 14.8 Å². The van der Waals surface area contributed by atoms with E-state index >= 15 is 0 Å². The maximum absolute atomic E-state index is 11.7. The van der Waals surface area contributed by atoms with Crippen molar-refractivity contribution in [1.29, 1.82) is 0 Å². The molecule has 1 amide bonds.